The second-order valence-electron chi connectivity index (χ2n) is 5.47. The highest BCUT2D eigenvalue weighted by molar-refractivity contribution is 7.80. The molecule has 0 spiro atoms. The van der Waals surface area contributed by atoms with E-state index < -0.39 is 5.54 Å². The molecule has 0 heterocycles. The molecule has 0 aromatic heterocycles. The van der Waals surface area contributed by atoms with E-state index in [4.69, 9.17) is 22.7 Å². The van der Waals surface area contributed by atoms with Crippen LogP contribution in [0.3, 0.4) is 0 Å². The van der Waals surface area contributed by atoms with Gasteiger partial charge < -0.3 is 15.8 Å². The fourth-order valence-electron chi connectivity index (χ4n) is 2.70. The van der Waals surface area contributed by atoms with Crippen LogP contribution in [0.15, 0.2) is 30.3 Å². The minimum Gasteiger partial charge on any atom is -0.493 e. The van der Waals surface area contributed by atoms with Gasteiger partial charge in [-0.15, -0.1) is 0 Å². The van der Waals surface area contributed by atoms with Gasteiger partial charge in [0.2, 0.25) is 5.91 Å². The van der Waals surface area contributed by atoms with Crippen molar-refractivity contribution in [3.8, 4) is 5.75 Å². The zero-order valence-corrected chi connectivity index (χ0v) is 13.0. The van der Waals surface area contributed by atoms with Crippen molar-refractivity contribution in [1.82, 2.24) is 5.32 Å². The van der Waals surface area contributed by atoms with E-state index >= 15 is 0 Å². The van der Waals surface area contributed by atoms with Gasteiger partial charge in [-0.2, -0.15) is 0 Å². The molecular weight excluding hydrogens is 284 g/mol. The lowest BCUT2D eigenvalue weighted by molar-refractivity contribution is -0.123. The first kappa shape index (κ1) is 15.8. The number of carbonyl (C=O) groups is 1. The molecule has 1 aliphatic rings. The van der Waals surface area contributed by atoms with Crippen molar-refractivity contribution in [3.05, 3.63) is 30.3 Å². The summed E-state index contributed by atoms with van der Waals surface area (Å²) in [5.41, 5.74) is 5.37. The number of hydrogen-bond donors (Lipinski definition) is 2. The molecule has 1 aliphatic carbocycles. The first-order valence-corrected chi connectivity index (χ1v) is 7.82. The lowest BCUT2D eigenvalue weighted by Crippen LogP contribution is -2.57. The lowest BCUT2D eigenvalue weighted by Gasteiger charge is -2.37. The molecule has 114 valence electrons. The van der Waals surface area contributed by atoms with Gasteiger partial charge in [0, 0.05) is 0 Å². The van der Waals surface area contributed by atoms with Crippen molar-refractivity contribution in [2.24, 2.45) is 5.73 Å². The smallest absolute Gasteiger partial charge is 0.224 e. The van der Waals surface area contributed by atoms with Crippen molar-refractivity contribution < 1.29 is 9.53 Å². The number of amides is 1. The maximum Gasteiger partial charge on any atom is 0.224 e. The molecule has 5 heteroatoms. The van der Waals surface area contributed by atoms with Crippen LogP contribution in [-0.2, 0) is 4.79 Å². The van der Waals surface area contributed by atoms with Crippen LogP contribution in [0.4, 0.5) is 0 Å². The number of rotatable bonds is 6. The number of thiocarbonyl (C=S) groups is 1. The van der Waals surface area contributed by atoms with Gasteiger partial charge >= 0.3 is 0 Å². The number of carbonyl (C=O) groups excluding carboxylic acids is 1. The fraction of sp³-hybridized carbons (Fsp3) is 0.500. The number of para-hydroxylation sites is 1. The molecular formula is C16H22N2O2S. The van der Waals surface area contributed by atoms with E-state index in [2.05, 4.69) is 5.32 Å². The molecule has 2 rings (SSSR count). The number of hydrogen-bond acceptors (Lipinski definition) is 3. The van der Waals surface area contributed by atoms with Crippen molar-refractivity contribution >= 4 is 23.1 Å². The van der Waals surface area contributed by atoms with Gasteiger partial charge in [-0.25, -0.2) is 0 Å². The van der Waals surface area contributed by atoms with Crippen LogP contribution >= 0.6 is 12.2 Å². The average Bonchev–Trinajstić information content (AvgIpc) is 2.49. The number of benzene rings is 1. The summed E-state index contributed by atoms with van der Waals surface area (Å²) in [5.74, 6) is 0.715. The molecule has 21 heavy (non-hydrogen) atoms. The second kappa shape index (κ2) is 7.41. The minimum atomic E-state index is -0.489. The molecule has 0 atom stereocenters. The monoisotopic (exact) mass is 306 g/mol. The predicted octanol–water partition coefficient (Wildman–Crippen LogP) is 2.56. The summed E-state index contributed by atoms with van der Waals surface area (Å²) in [5, 5.41) is 3.03. The predicted molar refractivity (Wildman–Crippen MR) is 87.3 cm³/mol. The van der Waals surface area contributed by atoms with E-state index in [9.17, 15) is 4.79 Å². The summed E-state index contributed by atoms with van der Waals surface area (Å²) >= 11 is 5.17. The Hall–Kier alpha value is -1.62. The summed E-state index contributed by atoms with van der Waals surface area (Å²) in [4.78, 5) is 12.5. The summed E-state index contributed by atoms with van der Waals surface area (Å²) in [6.07, 6.45) is 5.27. The number of ether oxygens (including phenoxy) is 1. The van der Waals surface area contributed by atoms with E-state index in [0.717, 1.165) is 31.4 Å². The molecule has 0 unspecified atom stereocenters. The molecule has 1 saturated carbocycles. The highest BCUT2D eigenvalue weighted by Gasteiger charge is 2.36. The topological polar surface area (TPSA) is 64.3 Å². The number of nitrogens with one attached hydrogen (secondary N) is 1. The third-order valence-electron chi connectivity index (χ3n) is 3.90. The molecule has 1 aromatic rings. The number of nitrogens with two attached hydrogens (primary N) is 1. The van der Waals surface area contributed by atoms with Gasteiger partial charge in [0.1, 0.15) is 5.75 Å². The average molecular weight is 306 g/mol. The van der Waals surface area contributed by atoms with E-state index in [-0.39, 0.29) is 5.91 Å². The summed E-state index contributed by atoms with van der Waals surface area (Å²) in [6.45, 7) is 0.350. The van der Waals surface area contributed by atoms with E-state index in [1.54, 1.807) is 0 Å². The van der Waals surface area contributed by atoms with Gasteiger partial charge in [0.15, 0.2) is 0 Å². The summed E-state index contributed by atoms with van der Waals surface area (Å²) < 4.78 is 5.53. The molecule has 0 aliphatic heterocycles. The maximum atomic E-state index is 12.1. The van der Waals surface area contributed by atoms with Gasteiger partial charge in [-0.05, 0) is 25.0 Å². The van der Waals surface area contributed by atoms with Gasteiger partial charge in [0.05, 0.1) is 23.6 Å². The van der Waals surface area contributed by atoms with Crippen LogP contribution in [0, 0.1) is 0 Å². The van der Waals surface area contributed by atoms with E-state index in [1.807, 2.05) is 30.3 Å². The molecule has 0 radical (unpaired) electrons. The Labute approximate surface area is 131 Å². The standard InChI is InChI=1S/C16H22N2O2S/c17-15(21)16(10-5-2-6-11-16)18-14(19)9-12-20-13-7-3-1-4-8-13/h1,3-4,7-8H,2,5-6,9-12H2,(H2,17,21)(H,18,19). The maximum absolute atomic E-state index is 12.1. The molecule has 4 nitrogen and oxygen atoms in total. The Morgan fingerprint density at radius 2 is 1.90 bits per heavy atom. The Kier molecular flexibility index (Phi) is 5.56. The Bertz CT molecular complexity index is 484. The fourth-order valence-corrected chi connectivity index (χ4v) is 2.95. The zero-order valence-electron chi connectivity index (χ0n) is 12.1. The van der Waals surface area contributed by atoms with Crippen molar-refractivity contribution in [3.63, 3.8) is 0 Å². The second-order valence-corrected chi connectivity index (χ2v) is 5.91. The molecule has 3 N–H and O–H groups in total. The van der Waals surface area contributed by atoms with Crippen LogP contribution in [0.2, 0.25) is 0 Å². The summed E-state index contributed by atoms with van der Waals surface area (Å²) in [7, 11) is 0. The quantitative estimate of drug-likeness (QED) is 0.793. The van der Waals surface area contributed by atoms with Crippen LogP contribution in [0.5, 0.6) is 5.75 Å². The van der Waals surface area contributed by atoms with Gasteiger partial charge in [-0.3, -0.25) is 4.79 Å². The van der Waals surface area contributed by atoms with Crippen LogP contribution in [-0.4, -0.2) is 23.0 Å². The molecule has 1 amide bonds. The SMILES string of the molecule is NC(=S)C1(NC(=O)CCOc2ccccc2)CCCCC1. The van der Waals surface area contributed by atoms with Crippen LogP contribution in [0.1, 0.15) is 38.5 Å². The normalized spacial score (nSPS) is 17.0. The first-order chi connectivity index (χ1) is 10.1. The van der Waals surface area contributed by atoms with Gasteiger partial charge in [0.25, 0.3) is 0 Å². The molecule has 1 fully saturated rings. The minimum absolute atomic E-state index is 0.0550. The molecule has 0 saturated heterocycles. The zero-order chi connectivity index (χ0) is 15.1. The third kappa shape index (κ3) is 4.43. The van der Waals surface area contributed by atoms with Gasteiger partial charge in [-0.1, -0.05) is 49.7 Å². The lowest BCUT2D eigenvalue weighted by atomic mass is 9.81. The highest BCUT2D eigenvalue weighted by atomic mass is 32.1. The molecule has 1 aromatic carbocycles. The van der Waals surface area contributed by atoms with E-state index in [1.165, 1.54) is 6.42 Å². The highest BCUT2D eigenvalue weighted by Crippen LogP contribution is 2.28. The van der Waals surface area contributed by atoms with Crippen molar-refractivity contribution in [2.45, 2.75) is 44.1 Å². The summed E-state index contributed by atoms with van der Waals surface area (Å²) in [6, 6.07) is 9.47. The van der Waals surface area contributed by atoms with Crippen LogP contribution < -0.4 is 15.8 Å². The molecule has 0 bridgehead atoms. The Morgan fingerprint density at radius 1 is 1.24 bits per heavy atom. The van der Waals surface area contributed by atoms with Crippen molar-refractivity contribution in [1.29, 1.82) is 0 Å². The third-order valence-corrected chi connectivity index (χ3v) is 4.29. The Morgan fingerprint density at radius 3 is 2.52 bits per heavy atom. The first-order valence-electron chi connectivity index (χ1n) is 7.41. The Balaban J connectivity index is 1.81. The van der Waals surface area contributed by atoms with Crippen molar-refractivity contribution in [2.75, 3.05) is 6.61 Å². The van der Waals surface area contributed by atoms with Crippen LogP contribution in [0.25, 0.3) is 0 Å². The largest absolute Gasteiger partial charge is 0.493 e. The van der Waals surface area contributed by atoms with E-state index in [0.29, 0.717) is 18.0 Å².